The molecule has 0 bridgehead atoms. The smallest absolute Gasteiger partial charge is 0.258 e. The number of nitro groups is 1. The van der Waals surface area contributed by atoms with E-state index in [-0.39, 0.29) is 5.70 Å². The minimum Gasteiger partial charge on any atom is -0.258 e. The van der Waals surface area contributed by atoms with Crippen LogP contribution in [0.15, 0.2) is 61.9 Å². The number of benzene rings is 1. The van der Waals surface area contributed by atoms with Gasteiger partial charge in [0.05, 0.1) is 10.5 Å². The lowest BCUT2D eigenvalue weighted by Crippen LogP contribution is -2.03. The molecule has 0 fully saturated rings. The molecule has 1 aromatic rings. The number of rotatable bonds is 6. The van der Waals surface area contributed by atoms with Crippen molar-refractivity contribution in [3.8, 4) is 0 Å². The van der Waals surface area contributed by atoms with Crippen LogP contribution in [0.3, 0.4) is 0 Å². The normalized spacial score (nSPS) is 11.8. The van der Waals surface area contributed by atoms with Crippen molar-refractivity contribution in [1.82, 2.24) is 0 Å². The van der Waals surface area contributed by atoms with Gasteiger partial charge in [0.25, 0.3) is 5.70 Å². The Morgan fingerprint density at radius 1 is 1.25 bits per heavy atom. The molecular formula is C17H17NO2. The Balaban J connectivity index is 3.59. The summed E-state index contributed by atoms with van der Waals surface area (Å²) in [6, 6.07) is 5.57. The zero-order valence-electron chi connectivity index (χ0n) is 11.5. The van der Waals surface area contributed by atoms with Crippen LogP contribution in [0.25, 0.3) is 17.7 Å². The molecule has 0 saturated heterocycles. The second-order valence-electron chi connectivity index (χ2n) is 3.96. The lowest BCUT2D eigenvalue weighted by atomic mass is 9.93. The van der Waals surface area contributed by atoms with Crippen molar-refractivity contribution < 1.29 is 4.92 Å². The highest BCUT2D eigenvalue weighted by Crippen LogP contribution is 2.29. The zero-order chi connectivity index (χ0) is 15.1. The number of hydrogen-bond donors (Lipinski definition) is 0. The van der Waals surface area contributed by atoms with E-state index < -0.39 is 4.92 Å². The van der Waals surface area contributed by atoms with Crippen LogP contribution in [0.5, 0.6) is 0 Å². The van der Waals surface area contributed by atoms with Crippen molar-refractivity contribution in [3.63, 3.8) is 0 Å². The highest BCUT2D eigenvalue weighted by atomic mass is 16.6. The van der Waals surface area contributed by atoms with Crippen LogP contribution < -0.4 is 0 Å². The average Bonchev–Trinajstić information content (AvgIpc) is 2.46. The first-order valence-electron chi connectivity index (χ1n) is 6.12. The molecule has 20 heavy (non-hydrogen) atoms. The van der Waals surface area contributed by atoms with Crippen molar-refractivity contribution in [2.75, 3.05) is 0 Å². The molecular weight excluding hydrogens is 250 g/mol. The van der Waals surface area contributed by atoms with Crippen LogP contribution in [-0.2, 0) is 0 Å². The molecule has 0 atom stereocenters. The topological polar surface area (TPSA) is 43.1 Å². The van der Waals surface area contributed by atoms with Gasteiger partial charge in [0.1, 0.15) is 0 Å². The molecule has 3 nitrogen and oxygen atoms in total. The fraction of sp³-hybridized carbons (Fsp3) is 0.0588. The summed E-state index contributed by atoms with van der Waals surface area (Å²) < 4.78 is 0. The number of allylic oxidation sites excluding steroid dienone is 4. The Labute approximate surface area is 119 Å². The van der Waals surface area contributed by atoms with E-state index >= 15 is 0 Å². The SMILES string of the molecule is C=C/C=C(\C(=C/C)c1cccc(C=C)c1C=C)[N+](=O)[O-]. The van der Waals surface area contributed by atoms with Crippen molar-refractivity contribution in [1.29, 1.82) is 0 Å². The van der Waals surface area contributed by atoms with E-state index in [1.807, 2.05) is 18.2 Å². The molecule has 102 valence electrons. The molecule has 0 aliphatic rings. The van der Waals surface area contributed by atoms with Crippen LogP contribution in [0.2, 0.25) is 0 Å². The minimum atomic E-state index is -0.412. The van der Waals surface area contributed by atoms with Crippen LogP contribution in [0.1, 0.15) is 23.6 Å². The van der Waals surface area contributed by atoms with Crippen molar-refractivity contribution in [2.45, 2.75) is 6.92 Å². The molecule has 0 saturated carbocycles. The number of nitrogens with zero attached hydrogens (tertiary/aromatic N) is 1. The Bertz CT molecular complexity index is 622. The van der Waals surface area contributed by atoms with E-state index in [4.69, 9.17) is 0 Å². The molecule has 0 N–H and O–H groups in total. The first-order valence-corrected chi connectivity index (χ1v) is 6.12. The standard InChI is InChI=1S/C17H17NO2/c1-5-10-17(18(19)20)15(8-4)16-12-9-11-13(6-2)14(16)7-3/h5-12H,1-3H2,4H3/b15-8-,17-10+. The fourth-order valence-electron chi connectivity index (χ4n) is 2.03. The highest BCUT2D eigenvalue weighted by Gasteiger charge is 2.20. The fourth-order valence-corrected chi connectivity index (χ4v) is 2.03. The summed E-state index contributed by atoms with van der Waals surface area (Å²) in [6.45, 7) is 12.8. The van der Waals surface area contributed by atoms with Crippen LogP contribution in [-0.4, -0.2) is 4.92 Å². The molecule has 0 unspecified atom stereocenters. The monoisotopic (exact) mass is 267 g/mol. The maximum Gasteiger partial charge on any atom is 0.276 e. The third-order valence-electron chi connectivity index (χ3n) is 2.89. The quantitative estimate of drug-likeness (QED) is 0.425. The molecule has 0 spiro atoms. The Hall–Kier alpha value is -2.68. The zero-order valence-corrected chi connectivity index (χ0v) is 11.5. The second kappa shape index (κ2) is 7.04. The summed E-state index contributed by atoms with van der Waals surface area (Å²) >= 11 is 0. The van der Waals surface area contributed by atoms with E-state index in [9.17, 15) is 10.1 Å². The minimum absolute atomic E-state index is 0.00631. The summed E-state index contributed by atoms with van der Waals surface area (Å²) in [4.78, 5) is 10.8. The third kappa shape index (κ3) is 3.01. The van der Waals surface area contributed by atoms with Gasteiger partial charge in [-0.3, -0.25) is 10.1 Å². The summed E-state index contributed by atoms with van der Waals surface area (Å²) in [5.41, 5.74) is 3.01. The summed E-state index contributed by atoms with van der Waals surface area (Å²) in [6.07, 6.45) is 7.90. The number of hydrogen-bond acceptors (Lipinski definition) is 2. The molecule has 0 aliphatic heterocycles. The van der Waals surface area contributed by atoms with E-state index in [0.717, 1.165) is 16.7 Å². The summed E-state index contributed by atoms with van der Waals surface area (Å²) in [7, 11) is 0. The maximum atomic E-state index is 11.2. The Morgan fingerprint density at radius 2 is 1.95 bits per heavy atom. The molecule has 3 heteroatoms. The Kier molecular flexibility index (Phi) is 5.42. The molecule has 0 aliphatic carbocycles. The molecule has 0 radical (unpaired) electrons. The summed E-state index contributed by atoms with van der Waals surface area (Å²) in [5.74, 6) is 0. The van der Waals surface area contributed by atoms with Crippen LogP contribution >= 0.6 is 0 Å². The van der Waals surface area contributed by atoms with E-state index in [2.05, 4.69) is 19.7 Å². The molecule has 0 heterocycles. The summed E-state index contributed by atoms with van der Waals surface area (Å²) in [5, 5.41) is 11.2. The van der Waals surface area contributed by atoms with Crippen molar-refractivity contribution in [2.24, 2.45) is 0 Å². The van der Waals surface area contributed by atoms with Gasteiger partial charge in [-0.1, -0.05) is 62.2 Å². The van der Waals surface area contributed by atoms with Crippen LogP contribution in [0.4, 0.5) is 0 Å². The lowest BCUT2D eigenvalue weighted by Gasteiger charge is -2.11. The van der Waals surface area contributed by atoms with Gasteiger partial charge in [-0.15, -0.1) is 0 Å². The first-order chi connectivity index (χ1) is 9.60. The largest absolute Gasteiger partial charge is 0.276 e. The third-order valence-corrected chi connectivity index (χ3v) is 2.89. The van der Waals surface area contributed by atoms with Gasteiger partial charge in [-0.2, -0.15) is 0 Å². The average molecular weight is 267 g/mol. The predicted octanol–water partition coefficient (Wildman–Crippen LogP) is 4.72. The highest BCUT2D eigenvalue weighted by molar-refractivity contribution is 5.84. The van der Waals surface area contributed by atoms with Gasteiger partial charge in [0.15, 0.2) is 0 Å². The van der Waals surface area contributed by atoms with Crippen molar-refractivity contribution >= 4 is 17.7 Å². The van der Waals surface area contributed by atoms with E-state index in [1.54, 1.807) is 25.2 Å². The van der Waals surface area contributed by atoms with Gasteiger partial charge in [0.2, 0.25) is 0 Å². The van der Waals surface area contributed by atoms with Gasteiger partial charge >= 0.3 is 0 Å². The van der Waals surface area contributed by atoms with Gasteiger partial charge in [0, 0.05) is 6.08 Å². The molecule has 0 amide bonds. The van der Waals surface area contributed by atoms with E-state index in [1.165, 1.54) is 12.2 Å². The van der Waals surface area contributed by atoms with Gasteiger partial charge in [-0.05, 0) is 23.6 Å². The van der Waals surface area contributed by atoms with Crippen molar-refractivity contribution in [3.05, 3.63) is 88.7 Å². The first kappa shape index (κ1) is 15.4. The van der Waals surface area contributed by atoms with Gasteiger partial charge < -0.3 is 0 Å². The maximum absolute atomic E-state index is 11.2. The molecule has 1 aromatic carbocycles. The predicted molar refractivity (Wildman–Crippen MR) is 85.5 cm³/mol. The van der Waals surface area contributed by atoms with Gasteiger partial charge in [-0.25, -0.2) is 0 Å². The van der Waals surface area contributed by atoms with Crippen LogP contribution in [0, 0.1) is 10.1 Å². The Morgan fingerprint density at radius 3 is 2.40 bits per heavy atom. The van der Waals surface area contributed by atoms with E-state index in [0.29, 0.717) is 5.57 Å². The molecule has 0 aromatic heterocycles. The second-order valence-corrected chi connectivity index (χ2v) is 3.96. The molecule has 1 rings (SSSR count). The lowest BCUT2D eigenvalue weighted by molar-refractivity contribution is -0.416.